The van der Waals surface area contributed by atoms with E-state index in [2.05, 4.69) is 5.32 Å². The molecule has 2 fully saturated rings. The Bertz CT molecular complexity index is 792. The lowest BCUT2D eigenvalue weighted by Crippen LogP contribution is -2.70. The van der Waals surface area contributed by atoms with E-state index in [1.807, 2.05) is 30.3 Å². The van der Waals surface area contributed by atoms with Crippen LogP contribution in [0.15, 0.2) is 30.3 Å². The van der Waals surface area contributed by atoms with E-state index in [0.717, 1.165) is 5.56 Å². The Kier molecular flexibility index (Phi) is 6.74. The van der Waals surface area contributed by atoms with Crippen LogP contribution in [0.25, 0.3) is 0 Å². The summed E-state index contributed by atoms with van der Waals surface area (Å²) in [5.41, 5.74) is -1.14. The fraction of sp³-hybridized carbons (Fsp3) is 0.591. The van der Waals surface area contributed by atoms with Gasteiger partial charge in [-0.3, -0.25) is 4.90 Å². The number of ether oxygens (including phenoxy) is 4. The van der Waals surface area contributed by atoms with Crippen LogP contribution in [0.1, 0.15) is 39.2 Å². The predicted molar refractivity (Wildman–Crippen MR) is 110 cm³/mol. The highest BCUT2D eigenvalue weighted by Crippen LogP contribution is 2.36. The number of benzene rings is 1. The van der Waals surface area contributed by atoms with Crippen molar-refractivity contribution in [1.29, 1.82) is 0 Å². The minimum atomic E-state index is -1.32. The Morgan fingerprint density at radius 3 is 2.29 bits per heavy atom. The number of rotatable bonds is 4. The average Bonchev–Trinajstić information content (AvgIpc) is 2.70. The van der Waals surface area contributed by atoms with Crippen molar-refractivity contribution in [2.45, 2.75) is 63.4 Å². The fourth-order valence-corrected chi connectivity index (χ4v) is 4.08. The van der Waals surface area contributed by atoms with Gasteiger partial charge in [0.2, 0.25) is 0 Å². The van der Waals surface area contributed by atoms with Crippen molar-refractivity contribution in [3.05, 3.63) is 35.9 Å². The molecule has 2 bridgehead atoms. The number of alkyl carbamates (subject to hydrolysis) is 1. The van der Waals surface area contributed by atoms with Gasteiger partial charge in [-0.1, -0.05) is 30.3 Å². The number of piperidine rings is 1. The summed E-state index contributed by atoms with van der Waals surface area (Å²) in [5.74, 6) is -0.579. The number of fused-ring (bicyclic) bond motifs is 2. The molecule has 2 unspecified atom stereocenters. The Morgan fingerprint density at radius 2 is 1.74 bits per heavy atom. The number of nitrogens with zero attached hydrogens (tertiary/aromatic N) is 1. The second kappa shape index (κ2) is 9.13. The quantitative estimate of drug-likeness (QED) is 0.574. The van der Waals surface area contributed by atoms with E-state index in [0.29, 0.717) is 0 Å². The van der Waals surface area contributed by atoms with Gasteiger partial charge in [0.25, 0.3) is 0 Å². The minimum absolute atomic E-state index is 0.0733. The molecule has 9 heteroatoms. The molecule has 9 nitrogen and oxygen atoms in total. The van der Waals surface area contributed by atoms with Crippen LogP contribution in [0.5, 0.6) is 0 Å². The number of hydrogen-bond acceptors (Lipinski definition) is 7. The molecular formula is C22H30N2O7. The summed E-state index contributed by atoms with van der Waals surface area (Å²) < 4.78 is 21.5. The number of morpholine rings is 1. The highest BCUT2D eigenvalue weighted by atomic mass is 16.6. The van der Waals surface area contributed by atoms with Crippen molar-refractivity contribution in [3.63, 3.8) is 0 Å². The van der Waals surface area contributed by atoms with E-state index in [4.69, 9.17) is 18.9 Å². The van der Waals surface area contributed by atoms with Crippen LogP contribution in [0.2, 0.25) is 0 Å². The number of esters is 1. The molecule has 3 rings (SSSR count). The summed E-state index contributed by atoms with van der Waals surface area (Å²) in [7, 11) is 1.27. The van der Waals surface area contributed by atoms with Crippen molar-refractivity contribution < 1.29 is 33.3 Å². The molecule has 0 aliphatic carbocycles. The molecule has 2 heterocycles. The van der Waals surface area contributed by atoms with Crippen LogP contribution in [0.4, 0.5) is 9.59 Å². The zero-order valence-corrected chi connectivity index (χ0v) is 18.4. The van der Waals surface area contributed by atoms with Crippen LogP contribution < -0.4 is 5.32 Å². The summed E-state index contributed by atoms with van der Waals surface area (Å²) in [4.78, 5) is 39.7. The molecular weight excluding hydrogens is 404 g/mol. The summed E-state index contributed by atoms with van der Waals surface area (Å²) in [6.07, 6.45) is -0.916. The van der Waals surface area contributed by atoms with Gasteiger partial charge < -0.3 is 24.3 Å². The zero-order chi connectivity index (χ0) is 22.6. The van der Waals surface area contributed by atoms with Gasteiger partial charge in [0.15, 0.2) is 0 Å². The number of amides is 2. The molecule has 2 amide bonds. The predicted octanol–water partition coefficient (Wildman–Crippen LogP) is 2.62. The molecule has 0 spiro atoms. The molecule has 1 aromatic carbocycles. The van der Waals surface area contributed by atoms with Gasteiger partial charge in [-0.05, 0) is 26.3 Å². The maximum absolute atomic E-state index is 12.8. The molecule has 2 atom stereocenters. The molecule has 170 valence electrons. The van der Waals surface area contributed by atoms with Gasteiger partial charge >= 0.3 is 18.2 Å². The molecule has 0 radical (unpaired) electrons. The van der Waals surface area contributed by atoms with Gasteiger partial charge in [-0.25, -0.2) is 14.4 Å². The Balaban J connectivity index is 1.74. The lowest BCUT2D eigenvalue weighted by Gasteiger charge is -2.51. The van der Waals surface area contributed by atoms with E-state index in [9.17, 15) is 14.4 Å². The number of hydrogen-bond donors (Lipinski definition) is 1. The summed E-state index contributed by atoms with van der Waals surface area (Å²) in [6, 6.07) is 8.34. The van der Waals surface area contributed by atoms with Gasteiger partial charge in [0.05, 0.1) is 32.4 Å². The Hall–Kier alpha value is -2.81. The van der Waals surface area contributed by atoms with Gasteiger partial charge in [-0.2, -0.15) is 0 Å². The van der Waals surface area contributed by atoms with Crippen molar-refractivity contribution in [3.8, 4) is 0 Å². The first-order valence-electron chi connectivity index (χ1n) is 10.3. The topological polar surface area (TPSA) is 103 Å². The third kappa shape index (κ3) is 5.46. The van der Waals surface area contributed by atoms with E-state index in [-0.39, 0.29) is 32.7 Å². The van der Waals surface area contributed by atoms with Gasteiger partial charge in [-0.15, -0.1) is 0 Å². The standard InChI is InChI=1S/C22H30N2O7/c1-21(2,3)31-20(27)24-16-10-22(18(25)28-4,11-17(24)14-29-13-16)23-19(26)30-12-15-8-6-5-7-9-15/h5-9,16-17H,10-14H2,1-4H3,(H,23,26). The van der Waals surface area contributed by atoms with Crippen molar-refractivity contribution in [2.24, 2.45) is 0 Å². The Morgan fingerprint density at radius 1 is 1.13 bits per heavy atom. The van der Waals surface area contributed by atoms with Crippen molar-refractivity contribution in [1.82, 2.24) is 10.2 Å². The zero-order valence-electron chi connectivity index (χ0n) is 18.4. The lowest BCUT2D eigenvalue weighted by molar-refractivity contribution is -0.159. The largest absolute Gasteiger partial charge is 0.467 e. The van der Waals surface area contributed by atoms with Crippen LogP contribution >= 0.6 is 0 Å². The SMILES string of the molecule is COC(=O)C1(NC(=O)OCc2ccccc2)CC2COCC(C1)N2C(=O)OC(C)(C)C. The van der Waals surface area contributed by atoms with E-state index >= 15 is 0 Å². The van der Waals surface area contributed by atoms with Crippen LogP contribution in [-0.4, -0.2) is 66.6 Å². The third-order valence-electron chi connectivity index (χ3n) is 5.31. The molecule has 0 aromatic heterocycles. The number of carbonyl (C=O) groups excluding carboxylic acids is 3. The third-order valence-corrected chi connectivity index (χ3v) is 5.31. The molecule has 0 saturated carbocycles. The van der Waals surface area contributed by atoms with E-state index in [1.54, 1.807) is 25.7 Å². The summed E-state index contributed by atoms with van der Waals surface area (Å²) in [5, 5.41) is 2.72. The highest BCUT2D eigenvalue weighted by Gasteiger charge is 2.55. The lowest BCUT2D eigenvalue weighted by atomic mass is 9.78. The first kappa shape index (κ1) is 22.9. The number of nitrogens with one attached hydrogen (secondary N) is 1. The minimum Gasteiger partial charge on any atom is -0.467 e. The first-order valence-corrected chi connectivity index (χ1v) is 10.3. The monoisotopic (exact) mass is 434 g/mol. The molecule has 1 N–H and O–H groups in total. The summed E-state index contributed by atoms with van der Waals surface area (Å²) >= 11 is 0. The summed E-state index contributed by atoms with van der Waals surface area (Å²) in [6.45, 7) is 5.92. The number of methoxy groups -OCH3 is 1. The van der Waals surface area contributed by atoms with Crippen LogP contribution in [-0.2, 0) is 30.3 Å². The maximum atomic E-state index is 12.8. The van der Waals surface area contributed by atoms with Crippen molar-refractivity contribution in [2.75, 3.05) is 20.3 Å². The van der Waals surface area contributed by atoms with E-state index < -0.39 is 41.4 Å². The van der Waals surface area contributed by atoms with Gasteiger partial charge in [0, 0.05) is 12.8 Å². The number of carbonyl (C=O) groups is 3. The molecule has 2 saturated heterocycles. The van der Waals surface area contributed by atoms with Gasteiger partial charge in [0.1, 0.15) is 17.7 Å². The molecule has 1 aromatic rings. The van der Waals surface area contributed by atoms with Crippen LogP contribution in [0, 0.1) is 0 Å². The molecule has 31 heavy (non-hydrogen) atoms. The highest BCUT2D eigenvalue weighted by molar-refractivity contribution is 5.86. The van der Waals surface area contributed by atoms with E-state index in [1.165, 1.54) is 7.11 Å². The normalized spacial score (nSPS) is 25.4. The first-order chi connectivity index (χ1) is 14.6. The van der Waals surface area contributed by atoms with Crippen molar-refractivity contribution >= 4 is 18.2 Å². The second-order valence-corrected chi connectivity index (χ2v) is 8.90. The average molecular weight is 434 g/mol. The Labute approximate surface area is 182 Å². The maximum Gasteiger partial charge on any atom is 0.410 e. The second-order valence-electron chi connectivity index (χ2n) is 8.90. The molecule has 2 aliphatic heterocycles. The molecule has 2 aliphatic rings. The smallest absolute Gasteiger partial charge is 0.410 e. The fourth-order valence-electron chi connectivity index (χ4n) is 4.08. The van der Waals surface area contributed by atoms with Crippen LogP contribution in [0.3, 0.4) is 0 Å².